The third-order valence-corrected chi connectivity index (χ3v) is 5.09. The van der Waals surface area contributed by atoms with Crippen LogP contribution in [0.25, 0.3) is 0 Å². The van der Waals surface area contributed by atoms with Crippen molar-refractivity contribution in [3.05, 3.63) is 59.7 Å². The quantitative estimate of drug-likeness (QED) is 0.487. The van der Waals surface area contributed by atoms with Gasteiger partial charge in [0.2, 0.25) is 11.3 Å². The highest BCUT2D eigenvalue weighted by molar-refractivity contribution is 5.40. The largest absolute Gasteiger partial charge is 0.388 e. The molecule has 2 unspecified atom stereocenters. The minimum atomic E-state index is -5.25. The van der Waals surface area contributed by atoms with E-state index in [4.69, 9.17) is 10.5 Å². The van der Waals surface area contributed by atoms with Crippen LogP contribution in [0.3, 0.4) is 0 Å². The molecule has 0 saturated heterocycles. The van der Waals surface area contributed by atoms with Crippen molar-refractivity contribution in [3.63, 3.8) is 0 Å². The highest BCUT2D eigenvalue weighted by atomic mass is 19.3. The van der Waals surface area contributed by atoms with Crippen molar-refractivity contribution in [2.45, 2.75) is 36.0 Å². The molecule has 0 radical (unpaired) electrons. The van der Waals surface area contributed by atoms with Gasteiger partial charge in [-0.1, -0.05) is 24.3 Å². The van der Waals surface area contributed by atoms with E-state index in [0.29, 0.717) is 0 Å². The van der Waals surface area contributed by atoms with Crippen LogP contribution in [0, 0.1) is 23.0 Å². The fourth-order valence-corrected chi connectivity index (χ4v) is 3.45. The van der Waals surface area contributed by atoms with E-state index in [1.54, 1.807) is 0 Å². The number of hydrogen-bond donors (Lipinski definition) is 0. The number of benzene rings is 2. The van der Waals surface area contributed by atoms with Gasteiger partial charge < -0.3 is 9.47 Å². The van der Waals surface area contributed by atoms with Crippen molar-refractivity contribution < 1.29 is 35.8 Å². The second-order valence-electron chi connectivity index (χ2n) is 6.78. The summed E-state index contributed by atoms with van der Waals surface area (Å²) in [5.74, 6) is -10.5. The van der Waals surface area contributed by atoms with Crippen molar-refractivity contribution >= 4 is 0 Å². The first-order chi connectivity index (χ1) is 14.0. The number of hydrogen-bond acceptors (Lipinski definition) is 4. The van der Waals surface area contributed by atoms with E-state index in [9.17, 15) is 17.6 Å². The molecule has 10 heteroatoms. The topological polar surface area (TPSA) is 66.0 Å². The van der Waals surface area contributed by atoms with E-state index in [0.717, 1.165) is 48.5 Å². The number of alkyl halides is 6. The summed E-state index contributed by atoms with van der Waals surface area (Å²) in [6.07, 6.45) is 0.0907. The molecular formula is C20H12F6N2O2. The number of halogens is 6. The molecular weight excluding hydrogens is 414 g/mol. The first kappa shape index (κ1) is 21.3. The third kappa shape index (κ3) is 2.91. The average molecular weight is 426 g/mol. The summed E-state index contributed by atoms with van der Waals surface area (Å²) in [7, 11) is 0. The molecule has 1 aliphatic carbocycles. The Labute approximate surface area is 166 Å². The molecule has 30 heavy (non-hydrogen) atoms. The van der Waals surface area contributed by atoms with Crippen LogP contribution in [-0.4, -0.2) is 23.2 Å². The number of nitriles is 2. The molecule has 3 rings (SSSR count). The van der Waals surface area contributed by atoms with E-state index in [-0.39, 0.29) is 22.6 Å². The lowest BCUT2D eigenvalue weighted by atomic mass is 9.57. The van der Waals surface area contributed by atoms with E-state index >= 15 is 8.78 Å². The lowest BCUT2D eigenvalue weighted by molar-refractivity contribution is -0.436. The van der Waals surface area contributed by atoms with Crippen LogP contribution in [0.5, 0.6) is 11.5 Å². The molecule has 1 fully saturated rings. The lowest BCUT2D eigenvalue weighted by Gasteiger charge is -2.59. The summed E-state index contributed by atoms with van der Waals surface area (Å²) < 4.78 is 96.1. The maximum atomic E-state index is 15.3. The minimum absolute atomic E-state index is 0.0195. The van der Waals surface area contributed by atoms with Gasteiger partial charge in [-0.3, -0.25) is 0 Å². The van der Waals surface area contributed by atoms with Gasteiger partial charge in [0, 0.05) is 12.8 Å². The summed E-state index contributed by atoms with van der Waals surface area (Å²) in [6, 6.07) is 8.89. The molecule has 0 spiro atoms. The molecule has 2 aromatic carbocycles. The summed E-state index contributed by atoms with van der Waals surface area (Å²) in [5, 5.41) is 16.8. The van der Waals surface area contributed by atoms with E-state index in [1.807, 2.05) is 0 Å². The monoisotopic (exact) mass is 426 g/mol. The molecule has 0 amide bonds. The van der Waals surface area contributed by atoms with Crippen LogP contribution in [0.1, 0.15) is 11.1 Å². The van der Waals surface area contributed by atoms with E-state index < -0.39 is 36.0 Å². The molecule has 0 aliphatic heterocycles. The Morgan fingerprint density at radius 1 is 0.600 bits per heavy atom. The minimum Gasteiger partial charge on any atom is -0.388 e. The zero-order chi connectivity index (χ0) is 22.2. The van der Waals surface area contributed by atoms with Gasteiger partial charge in [-0.15, -0.1) is 10.5 Å². The molecule has 2 aromatic rings. The van der Waals surface area contributed by atoms with Crippen molar-refractivity contribution in [3.8, 4) is 24.0 Å². The summed E-state index contributed by atoms with van der Waals surface area (Å²) in [5.41, 5.74) is -8.75. The average Bonchev–Trinajstić information content (AvgIpc) is 2.70. The van der Waals surface area contributed by atoms with Crippen LogP contribution in [0.2, 0.25) is 0 Å². The fraction of sp³-hybridized carbons (Fsp3) is 0.300. The van der Waals surface area contributed by atoms with Crippen LogP contribution in [0.4, 0.5) is 26.3 Å². The summed E-state index contributed by atoms with van der Waals surface area (Å²) in [6.45, 7) is 0. The zero-order valence-electron chi connectivity index (χ0n) is 15.0. The van der Waals surface area contributed by atoms with Gasteiger partial charge >= 0.3 is 11.8 Å². The van der Waals surface area contributed by atoms with Crippen LogP contribution in [0.15, 0.2) is 48.5 Å². The lowest BCUT2D eigenvalue weighted by Crippen LogP contribution is -2.87. The molecule has 2 atom stereocenters. The molecule has 0 aromatic heterocycles. The first-order valence-electron chi connectivity index (χ1n) is 8.45. The van der Waals surface area contributed by atoms with Gasteiger partial charge in [0.05, 0.1) is 0 Å². The highest BCUT2D eigenvalue weighted by Crippen LogP contribution is 2.69. The Morgan fingerprint density at radius 2 is 0.900 bits per heavy atom. The first-order valence-corrected chi connectivity index (χ1v) is 8.45. The van der Waals surface area contributed by atoms with Crippen molar-refractivity contribution in [2.24, 2.45) is 0 Å². The Bertz CT molecular complexity index is 930. The summed E-state index contributed by atoms with van der Waals surface area (Å²) >= 11 is 0. The molecule has 1 saturated carbocycles. The zero-order valence-corrected chi connectivity index (χ0v) is 15.0. The Morgan fingerprint density at radius 3 is 1.17 bits per heavy atom. The molecule has 0 heterocycles. The number of nitrogens with zero attached hydrogens (tertiary/aromatic N) is 2. The van der Waals surface area contributed by atoms with Gasteiger partial charge in [-0.25, -0.2) is 8.78 Å². The second kappa shape index (κ2) is 7.13. The van der Waals surface area contributed by atoms with E-state index in [2.05, 4.69) is 9.47 Å². The predicted molar refractivity (Wildman–Crippen MR) is 90.3 cm³/mol. The molecule has 156 valence electrons. The summed E-state index contributed by atoms with van der Waals surface area (Å²) in [4.78, 5) is 0. The third-order valence-electron chi connectivity index (χ3n) is 5.09. The van der Waals surface area contributed by atoms with E-state index in [1.165, 1.54) is 12.5 Å². The predicted octanol–water partition coefficient (Wildman–Crippen LogP) is 4.89. The Kier molecular flexibility index (Phi) is 5.07. The highest BCUT2D eigenvalue weighted by Gasteiger charge is 2.96. The Balaban J connectivity index is 1.92. The molecule has 0 N–H and O–H groups in total. The standard InChI is InChI=1S/C20H12F6N2O2/c21-17(9-13-1-5-15(6-2-13)29-11-27)18(22,20(25,26)19(17,23)24)10-14-3-7-16(8-4-14)30-12-28/h1-8H,9-10H2. The Hall–Kier alpha value is -3.40. The van der Waals surface area contributed by atoms with Gasteiger partial charge in [0.1, 0.15) is 11.5 Å². The maximum Gasteiger partial charge on any atom is 0.350 e. The van der Waals surface area contributed by atoms with Gasteiger partial charge in [-0.05, 0) is 35.4 Å². The molecule has 0 bridgehead atoms. The number of ether oxygens (including phenoxy) is 2. The molecule has 1 aliphatic rings. The normalized spacial score (nSPS) is 26.0. The van der Waals surface area contributed by atoms with Crippen molar-refractivity contribution in [1.29, 1.82) is 10.5 Å². The second-order valence-corrected chi connectivity index (χ2v) is 6.78. The smallest absolute Gasteiger partial charge is 0.350 e. The van der Waals surface area contributed by atoms with Gasteiger partial charge in [-0.2, -0.15) is 17.6 Å². The molecule has 4 nitrogen and oxygen atoms in total. The maximum absolute atomic E-state index is 15.3. The van der Waals surface area contributed by atoms with Crippen LogP contribution in [-0.2, 0) is 12.8 Å². The number of rotatable bonds is 6. The fourth-order valence-electron chi connectivity index (χ4n) is 3.45. The van der Waals surface area contributed by atoms with Crippen LogP contribution >= 0.6 is 0 Å². The van der Waals surface area contributed by atoms with Gasteiger partial charge in [0.25, 0.3) is 12.5 Å². The van der Waals surface area contributed by atoms with Crippen LogP contribution < -0.4 is 9.47 Å². The SMILES string of the molecule is N#COc1ccc(CC2(F)C(F)(F)C(F)(F)C2(F)Cc2ccc(OC#N)cc2)cc1. The van der Waals surface area contributed by atoms with Crippen molar-refractivity contribution in [2.75, 3.05) is 0 Å². The van der Waals surface area contributed by atoms with Gasteiger partial charge in [0.15, 0.2) is 0 Å². The van der Waals surface area contributed by atoms with Crippen molar-refractivity contribution in [1.82, 2.24) is 0 Å².